The van der Waals surface area contributed by atoms with Gasteiger partial charge in [0.2, 0.25) is 0 Å². The lowest BCUT2D eigenvalue weighted by Crippen LogP contribution is -2.46. The zero-order chi connectivity index (χ0) is 13.2. The number of fused-ring (bicyclic) bond motifs is 1. The Balaban J connectivity index is 2.04. The maximum atomic E-state index is 11.4. The molecule has 5 nitrogen and oxygen atoms in total. The molecular formula is C14H16N4O. The topological polar surface area (TPSA) is 57.1 Å². The fourth-order valence-corrected chi connectivity index (χ4v) is 2.66. The van der Waals surface area contributed by atoms with Crippen molar-refractivity contribution in [3.05, 3.63) is 47.1 Å². The fraction of sp³-hybridized carbons (Fsp3) is 0.357. The van der Waals surface area contributed by atoms with Crippen LogP contribution in [0.3, 0.4) is 0 Å². The van der Waals surface area contributed by atoms with Crippen LogP contribution in [0.15, 0.2) is 40.8 Å². The standard InChI is InChI=1S/C14H16N4O/c1-2-12(18-8-6-15-7-9-18)10-4-3-5-11-13(10)17-14(19)16-11/h2-5,12,15H,1,6-9H2. The number of nitrogens with zero attached hydrogens (tertiary/aromatic N) is 3. The molecule has 19 heavy (non-hydrogen) atoms. The van der Waals surface area contributed by atoms with Gasteiger partial charge in [0.15, 0.2) is 0 Å². The second-order valence-corrected chi connectivity index (χ2v) is 4.69. The number of rotatable bonds is 3. The Hall–Kier alpha value is -1.85. The highest BCUT2D eigenvalue weighted by Crippen LogP contribution is 2.19. The first-order valence-electron chi connectivity index (χ1n) is 6.47. The van der Waals surface area contributed by atoms with Crippen molar-refractivity contribution >= 4 is 6.03 Å². The number of hydrogen-bond acceptors (Lipinski definition) is 3. The summed E-state index contributed by atoms with van der Waals surface area (Å²) < 4.78 is 0. The number of benzene rings is 1. The SMILES string of the molecule is C=CC(c1cccc2c1=NC(=O)N=2)N1CCNCC1. The zero-order valence-electron chi connectivity index (χ0n) is 10.7. The van der Waals surface area contributed by atoms with Crippen molar-refractivity contribution in [1.29, 1.82) is 0 Å². The number of piperazine rings is 1. The van der Waals surface area contributed by atoms with Gasteiger partial charge in [-0.05, 0) is 6.07 Å². The number of amides is 2. The molecule has 3 rings (SSSR count). The third-order valence-electron chi connectivity index (χ3n) is 3.56. The van der Waals surface area contributed by atoms with Crippen molar-refractivity contribution in [2.45, 2.75) is 6.04 Å². The molecule has 0 spiro atoms. The van der Waals surface area contributed by atoms with E-state index in [-0.39, 0.29) is 6.04 Å². The van der Waals surface area contributed by atoms with E-state index in [0.717, 1.165) is 31.7 Å². The van der Waals surface area contributed by atoms with Gasteiger partial charge >= 0.3 is 6.03 Å². The van der Waals surface area contributed by atoms with Gasteiger partial charge in [0.05, 0.1) is 16.8 Å². The molecule has 1 N–H and O–H groups in total. The van der Waals surface area contributed by atoms with E-state index in [1.807, 2.05) is 24.3 Å². The molecule has 1 saturated heterocycles. The molecule has 2 aliphatic rings. The minimum absolute atomic E-state index is 0.0851. The smallest absolute Gasteiger partial charge is 0.314 e. The highest BCUT2D eigenvalue weighted by Gasteiger charge is 2.22. The lowest BCUT2D eigenvalue weighted by atomic mass is 10.0. The predicted octanol–water partition coefficient (Wildman–Crippen LogP) is 0.192. The summed E-state index contributed by atoms with van der Waals surface area (Å²) in [5, 5.41) is 4.71. The first kappa shape index (κ1) is 12.2. The number of hydrogen-bond donors (Lipinski definition) is 1. The summed E-state index contributed by atoms with van der Waals surface area (Å²) >= 11 is 0. The van der Waals surface area contributed by atoms with Crippen LogP contribution in [0.25, 0.3) is 0 Å². The van der Waals surface area contributed by atoms with Crippen LogP contribution in [0.2, 0.25) is 0 Å². The van der Waals surface area contributed by atoms with Gasteiger partial charge in [-0.25, -0.2) is 4.79 Å². The molecule has 0 saturated carbocycles. The number of carbonyl (C=O) groups excluding carboxylic acids is 1. The molecule has 2 heterocycles. The molecule has 1 unspecified atom stereocenters. The summed E-state index contributed by atoms with van der Waals surface area (Å²) in [7, 11) is 0. The van der Waals surface area contributed by atoms with Gasteiger partial charge in [-0.3, -0.25) is 4.90 Å². The van der Waals surface area contributed by atoms with Crippen molar-refractivity contribution in [2.75, 3.05) is 26.2 Å². The zero-order valence-corrected chi connectivity index (χ0v) is 10.7. The molecule has 0 bridgehead atoms. The lowest BCUT2D eigenvalue weighted by molar-refractivity contribution is 0.202. The van der Waals surface area contributed by atoms with Gasteiger partial charge in [-0.1, -0.05) is 18.2 Å². The molecule has 5 heteroatoms. The molecule has 1 aromatic rings. The Labute approximate surface area is 111 Å². The summed E-state index contributed by atoms with van der Waals surface area (Å²) in [4.78, 5) is 21.6. The van der Waals surface area contributed by atoms with Gasteiger partial charge in [-0.2, -0.15) is 9.98 Å². The quantitative estimate of drug-likeness (QED) is 0.786. The molecule has 98 valence electrons. The minimum Gasteiger partial charge on any atom is -0.314 e. The third-order valence-corrected chi connectivity index (χ3v) is 3.56. The van der Waals surface area contributed by atoms with Crippen LogP contribution < -0.4 is 16.0 Å². The Kier molecular flexibility index (Phi) is 3.23. The lowest BCUT2D eigenvalue weighted by Gasteiger charge is -2.33. The van der Waals surface area contributed by atoms with Crippen LogP contribution in [0.5, 0.6) is 0 Å². The van der Waals surface area contributed by atoms with Gasteiger partial charge < -0.3 is 5.32 Å². The predicted molar refractivity (Wildman–Crippen MR) is 71.5 cm³/mol. The number of carbonyl (C=O) groups is 1. The van der Waals surface area contributed by atoms with Crippen molar-refractivity contribution < 1.29 is 4.79 Å². The molecule has 0 aromatic heterocycles. The van der Waals surface area contributed by atoms with E-state index in [9.17, 15) is 4.79 Å². The maximum absolute atomic E-state index is 11.4. The molecule has 1 aromatic carbocycles. The van der Waals surface area contributed by atoms with E-state index in [1.54, 1.807) is 0 Å². The Morgan fingerprint density at radius 1 is 1.32 bits per heavy atom. The summed E-state index contributed by atoms with van der Waals surface area (Å²) in [6, 6.07) is 5.42. The van der Waals surface area contributed by atoms with Crippen LogP contribution in [0.1, 0.15) is 11.6 Å². The van der Waals surface area contributed by atoms with E-state index in [1.165, 1.54) is 0 Å². The summed E-state index contributed by atoms with van der Waals surface area (Å²) in [5.41, 5.74) is 1.02. The van der Waals surface area contributed by atoms with Gasteiger partial charge in [-0.15, -0.1) is 6.58 Å². The van der Waals surface area contributed by atoms with Crippen LogP contribution in [0.4, 0.5) is 4.79 Å². The fourth-order valence-electron chi connectivity index (χ4n) is 2.66. The number of nitrogens with one attached hydrogen (secondary N) is 1. The van der Waals surface area contributed by atoms with Crippen LogP contribution in [0, 0.1) is 0 Å². The van der Waals surface area contributed by atoms with Gasteiger partial charge in [0, 0.05) is 31.7 Å². The molecule has 1 fully saturated rings. The van der Waals surface area contributed by atoms with E-state index >= 15 is 0 Å². The summed E-state index contributed by atoms with van der Waals surface area (Å²) in [5.74, 6) is 0. The maximum Gasteiger partial charge on any atom is 0.368 e. The second-order valence-electron chi connectivity index (χ2n) is 4.69. The molecule has 2 aliphatic heterocycles. The van der Waals surface area contributed by atoms with E-state index in [4.69, 9.17) is 0 Å². The van der Waals surface area contributed by atoms with Crippen molar-refractivity contribution in [3.8, 4) is 0 Å². The van der Waals surface area contributed by atoms with E-state index in [0.29, 0.717) is 10.7 Å². The Bertz CT molecular complexity index is 631. The molecule has 1 atom stereocenters. The summed E-state index contributed by atoms with van der Waals surface area (Å²) in [6.07, 6.45) is 1.92. The van der Waals surface area contributed by atoms with Gasteiger partial charge in [0.1, 0.15) is 0 Å². The average Bonchev–Trinajstić information content (AvgIpc) is 2.82. The summed E-state index contributed by atoms with van der Waals surface area (Å²) in [6.45, 7) is 7.81. The Morgan fingerprint density at radius 2 is 2.11 bits per heavy atom. The molecular weight excluding hydrogens is 240 g/mol. The first-order valence-corrected chi connectivity index (χ1v) is 6.47. The normalized spacial score (nSPS) is 20.3. The number of urea groups is 1. The Morgan fingerprint density at radius 3 is 2.84 bits per heavy atom. The van der Waals surface area contributed by atoms with Crippen LogP contribution >= 0.6 is 0 Å². The molecule has 0 radical (unpaired) electrons. The molecule has 2 amide bonds. The largest absolute Gasteiger partial charge is 0.368 e. The van der Waals surface area contributed by atoms with Crippen LogP contribution in [-0.4, -0.2) is 37.1 Å². The highest BCUT2D eigenvalue weighted by molar-refractivity contribution is 5.77. The van der Waals surface area contributed by atoms with E-state index in [2.05, 4.69) is 26.8 Å². The van der Waals surface area contributed by atoms with Crippen molar-refractivity contribution in [3.63, 3.8) is 0 Å². The minimum atomic E-state index is -0.412. The third kappa shape index (κ3) is 2.22. The molecule has 0 aliphatic carbocycles. The van der Waals surface area contributed by atoms with Crippen molar-refractivity contribution in [1.82, 2.24) is 10.2 Å². The second kappa shape index (κ2) is 5.03. The van der Waals surface area contributed by atoms with Crippen molar-refractivity contribution in [2.24, 2.45) is 9.98 Å². The van der Waals surface area contributed by atoms with Crippen LogP contribution in [-0.2, 0) is 0 Å². The van der Waals surface area contributed by atoms with E-state index < -0.39 is 6.03 Å². The average molecular weight is 256 g/mol. The number of para-hydroxylation sites is 1. The van der Waals surface area contributed by atoms with Gasteiger partial charge in [0.25, 0.3) is 0 Å². The first-order chi connectivity index (χ1) is 9.29. The highest BCUT2D eigenvalue weighted by atomic mass is 16.2. The monoisotopic (exact) mass is 256 g/mol.